The second-order valence-corrected chi connectivity index (χ2v) is 7.28. The minimum absolute atomic E-state index is 0.0123. The first-order chi connectivity index (χ1) is 13.5. The molecule has 0 aliphatic heterocycles. The number of nitro benzene ring substituents is 1. The number of benzene rings is 2. The number of non-ortho nitro benzene ring substituents is 1. The van der Waals surface area contributed by atoms with Gasteiger partial charge in [0.2, 0.25) is 0 Å². The normalized spacial score (nSPS) is 15.8. The number of hydrogen-bond acceptors (Lipinski definition) is 5. The number of esters is 1. The second kappa shape index (κ2) is 7.38. The third kappa shape index (κ3) is 3.45. The highest BCUT2D eigenvalue weighted by Crippen LogP contribution is 2.32. The minimum atomic E-state index is -0.452. The Morgan fingerprint density at radius 2 is 1.96 bits per heavy atom. The monoisotopic (exact) mass is 376 g/mol. The molecular weight excluding hydrogens is 356 g/mol. The van der Waals surface area contributed by atoms with E-state index in [2.05, 4.69) is 6.92 Å². The molecule has 0 N–H and O–H groups in total. The summed E-state index contributed by atoms with van der Waals surface area (Å²) in [6, 6.07) is 13.7. The molecule has 28 heavy (non-hydrogen) atoms. The van der Waals surface area contributed by atoms with E-state index in [1.807, 2.05) is 24.3 Å². The molecular formula is C22H20N2O4. The van der Waals surface area contributed by atoms with Gasteiger partial charge < -0.3 is 4.74 Å². The Morgan fingerprint density at radius 3 is 2.71 bits per heavy atom. The van der Waals surface area contributed by atoms with Gasteiger partial charge in [-0.2, -0.15) is 0 Å². The van der Waals surface area contributed by atoms with Crippen LogP contribution in [-0.2, 0) is 24.2 Å². The number of rotatable bonds is 4. The fourth-order valence-electron chi connectivity index (χ4n) is 3.73. The van der Waals surface area contributed by atoms with Crippen molar-refractivity contribution in [3.05, 3.63) is 81.0 Å². The highest BCUT2D eigenvalue weighted by molar-refractivity contribution is 6.05. The topological polar surface area (TPSA) is 82.3 Å². The SMILES string of the molecule is CC1CCc2nc3ccccc3c(C(=O)OCc3ccc([N+](=O)[O-])cc3)c2C1. The number of aromatic nitrogens is 1. The molecule has 3 aromatic rings. The number of carbonyl (C=O) groups excluding carboxylic acids is 1. The van der Waals surface area contributed by atoms with Crippen LogP contribution in [0.2, 0.25) is 0 Å². The van der Waals surface area contributed by atoms with Crippen LogP contribution < -0.4 is 0 Å². The van der Waals surface area contributed by atoms with Gasteiger partial charge in [0.1, 0.15) is 6.61 Å². The summed E-state index contributed by atoms with van der Waals surface area (Å²) in [7, 11) is 0. The molecule has 0 saturated carbocycles. The van der Waals surface area contributed by atoms with Crippen LogP contribution >= 0.6 is 0 Å². The number of carbonyl (C=O) groups is 1. The van der Waals surface area contributed by atoms with Crippen molar-refractivity contribution in [1.82, 2.24) is 4.98 Å². The molecule has 2 aromatic carbocycles. The molecule has 0 spiro atoms. The van der Waals surface area contributed by atoms with Crippen LogP contribution in [-0.4, -0.2) is 15.9 Å². The Balaban J connectivity index is 1.65. The Bertz CT molecular complexity index is 1060. The van der Waals surface area contributed by atoms with Crippen LogP contribution in [0.1, 0.15) is 40.5 Å². The van der Waals surface area contributed by atoms with Gasteiger partial charge in [0.15, 0.2) is 0 Å². The van der Waals surface area contributed by atoms with Crippen LogP contribution in [0.4, 0.5) is 5.69 Å². The maximum Gasteiger partial charge on any atom is 0.339 e. The molecule has 1 heterocycles. The van der Waals surface area contributed by atoms with E-state index in [0.29, 0.717) is 17.0 Å². The number of aryl methyl sites for hydroxylation is 1. The van der Waals surface area contributed by atoms with Gasteiger partial charge in [-0.1, -0.05) is 25.1 Å². The number of nitrogens with zero attached hydrogens (tertiary/aromatic N) is 2. The van der Waals surface area contributed by atoms with E-state index in [0.717, 1.165) is 41.4 Å². The van der Waals surface area contributed by atoms with Crippen LogP contribution in [0.25, 0.3) is 10.9 Å². The molecule has 4 rings (SSSR count). The summed E-state index contributed by atoms with van der Waals surface area (Å²) in [6.45, 7) is 2.25. The van der Waals surface area contributed by atoms with Gasteiger partial charge in [-0.15, -0.1) is 0 Å². The largest absolute Gasteiger partial charge is 0.457 e. The zero-order valence-electron chi connectivity index (χ0n) is 15.6. The fraction of sp³-hybridized carbons (Fsp3) is 0.273. The van der Waals surface area contributed by atoms with E-state index in [4.69, 9.17) is 9.72 Å². The molecule has 142 valence electrons. The van der Waals surface area contributed by atoms with E-state index in [1.54, 1.807) is 12.1 Å². The number of pyridine rings is 1. The minimum Gasteiger partial charge on any atom is -0.457 e. The highest BCUT2D eigenvalue weighted by Gasteiger charge is 2.26. The maximum atomic E-state index is 13.0. The number of fused-ring (bicyclic) bond motifs is 2. The lowest BCUT2D eigenvalue weighted by atomic mass is 9.84. The average molecular weight is 376 g/mol. The van der Waals surface area contributed by atoms with Crippen molar-refractivity contribution >= 4 is 22.6 Å². The number of hydrogen-bond donors (Lipinski definition) is 0. The van der Waals surface area contributed by atoms with Gasteiger partial charge in [0.05, 0.1) is 16.0 Å². The molecule has 1 aromatic heterocycles. The molecule has 1 aliphatic rings. The van der Waals surface area contributed by atoms with E-state index in [-0.39, 0.29) is 18.3 Å². The van der Waals surface area contributed by atoms with Gasteiger partial charge in [-0.25, -0.2) is 4.79 Å². The molecule has 6 heteroatoms. The fourth-order valence-corrected chi connectivity index (χ4v) is 3.73. The highest BCUT2D eigenvalue weighted by atomic mass is 16.6. The lowest BCUT2D eigenvalue weighted by molar-refractivity contribution is -0.384. The molecule has 0 fully saturated rings. The van der Waals surface area contributed by atoms with Gasteiger partial charge in [-0.3, -0.25) is 15.1 Å². The molecule has 0 radical (unpaired) electrons. The first-order valence-corrected chi connectivity index (χ1v) is 9.34. The third-order valence-electron chi connectivity index (χ3n) is 5.23. The second-order valence-electron chi connectivity index (χ2n) is 7.28. The summed E-state index contributed by atoms with van der Waals surface area (Å²) in [4.78, 5) is 28.1. The Kier molecular flexibility index (Phi) is 4.77. The summed E-state index contributed by atoms with van der Waals surface area (Å²) in [5, 5.41) is 11.6. The van der Waals surface area contributed by atoms with Crippen molar-refractivity contribution in [2.45, 2.75) is 32.8 Å². The van der Waals surface area contributed by atoms with E-state index >= 15 is 0 Å². The standard InChI is InChI=1S/C22H20N2O4/c1-14-6-11-20-18(12-14)21(17-4-2-3-5-19(17)23-20)22(25)28-13-15-7-9-16(10-8-15)24(26)27/h2-5,7-10,14H,6,11-13H2,1H3. The van der Waals surface area contributed by atoms with Crippen LogP contribution in [0.15, 0.2) is 48.5 Å². The molecule has 1 aliphatic carbocycles. The first kappa shape index (κ1) is 18.1. The van der Waals surface area contributed by atoms with Crippen molar-refractivity contribution in [1.29, 1.82) is 0 Å². The summed E-state index contributed by atoms with van der Waals surface area (Å²) in [5.41, 5.74) is 4.11. The molecule has 0 saturated heterocycles. The lowest BCUT2D eigenvalue weighted by Gasteiger charge is -2.24. The third-order valence-corrected chi connectivity index (χ3v) is 5.23. The van der Waals surface area contributed by atoms with Crippen LogP contribution in [0.3, 0.4) is 0 Å². The van der Waals surface area contributed by atoms with Crippen molar-refractivity contribution in [2.75, 3.05) is 0 Å². The Hall–Kier alpha value is -3.28. The van der Waals surface area contributed by atoms with Crippen molar-refractivity contribution in [3.8, 4) is 0 Å². The molecule has 6 nitrogen and oxygen atoms in total. The molecule has 1 atom stereocenters. The van der Waals surface area contributed by atoms with Crippen molar-refractivity contribution in [3.63, 3.8) is 0 Å². The van der Waals surface area contributed by atoms with Crippen molar-refractivity contribution in [2.24, 2.45) is 5.92 Å². The Morgan fingerprint density at radius 1 is 1.21 bits per heavy atom. The molecule has 0 amide bonds. The van der Waals surface area contributed by atoms with Crippen LogP contribution in [0.5, 0.6) is 0 Å². The number of nitro groups is 1. The lowest BCUT2D eigenvalue weighted by Crippen LogP contribution is -2.19. The predicted molar refractivity (Wildman–Crippen MR) is 105 cm³/mol. The Labute approximate surface area is 162 Å². The summed E-state index contributed by atoms with van der Waals surface area (Å²) < 4.78 is 5.59. The van der Waals surface area contributed by atoms with E-state index in [1.165, 1.54) is 12.1 Å². The van der Waals surface area contributed by atoms with Crippen molar-refractivity contribution < 1.29 is 14.5 Å². The molecule has 0 bridgehead atoms. The van der Waals surface area contributed by atoms with Gasteiger partial charge >= 0.3 is 5.97 Å². The van der Waals surface area contributed by atoms with Gasteiger partial charge in [-0.05, 0) is 54.5 Å². The zero-order chi connectivity index (χ0) is 19.7. The van der Waals surface area contributed by atoms with Gasteiger partial charge in [0, 0.05) is 23.2 Å². The average Bonchev–Trinajstić information content (AvgIpc) is 2.70. The van der Waals surface area contributed by atoms with E-state index in [9.17, 15) is 14.9 Å². The zero-order valence-corrected chi connectivity index (χ0v) is 15.6. The quantitative estimate of drug-likeness (QED) is 0.377. The maximum absolute atomic E-state index is 13.0. The predicted octanol–water partition coefficient (Wildman–Crippen LogP) is 4.62. The summed E-state index contributed by atoms with van der Waals surface area (Å²) >= 11 is 0. The van der Waals surface area contributed by atoms with Gasteiger partial charge in [0.25, 0.3) is 5.69 Å². The molecule has 1 unspecified atom stereocenters. The smallest absolute Gasteiger partial charge is 0.339 e. The number of ether oxygens (including phenoxy) is 1. The summed E-state index contributed by atoms with van der Waals surface area (Å²) in [6.07, 6.45) is 2.74. The first-order valence-electron chi connectivity index (χ1n) is 9.34. The summed E-state index contributed by atoms with van der Waals surface area (Å²) in [5.74, 6) is 0.124. The van der Waals surface area contributed by atoms with E-state index < -0.39 is 4.92 Å². The number of para-hydroxylation sites is 1. The van der Waals surface area contributed by atoms with Crippen LogP contribution in [0, 0.1) is 16.0 Å².